The minimum Gasteiger partial charge on any atom is -0.396 e. The third-order valence-corrected chi connectivity index (χ3v) is 2.71. The fourth-order valence-corrected chi connectivity index (χ4v) is 1.72. The molecule has 0 aromatic heterocycles. The van der Waals surface area contributed by atoms with Crippen molar-refractivity contribution in [1.82, 2.24) is 0 Å². The first-order valence-electron chi connectivity index (χ1n) is 6.03. The van der Waals surface area contributed by atoms with Crippen molar-refractivity contribution in [2.24, 2.45) is 0 Å². The quantitative estimate of drug-likeness (QED) is 0.646. The zero-order valence-corrected chi connectivity index (χ0v) is 10.1. The maximum absolute atomic E-state index is 13.1. The fourth-order valence-electron chi connectivity index (χ4n) is 1.72. The average molecular weight is 249 g/mol. The number of hydrogen-bond acceptors (Lipinski definition) is 3. The Kier molecular flexibility index (Phi) is 4.57. The highest BCUT2D eigenvalue weighted by Crippen LogP contribution is 2.13. The van der Waals surface area contributed by atoms with Crippen LogP contribution in [0.5, 0.6) is 0 Å². The standard InChI is InChI=1S/C14H16FNO2/c15-12-10-11(6-7-13(12)16)4-3-9-18-14-5-1-2-8-17-14/h6-7,10,14H,1-2,5,8-9,16H2. The summed E-state index contributed by atoms with van der Waals surface area (Å²) < 4.78 is 24.0. The van der Waals surface area contributed by atoms with Crippen molar-refractivity contribution in [3.63, 3.8) is 0 Å². The molecule has 0 radical (unpaired) electrons. The van der Waals surface area contributed by atoms with E-state index in [1.165, 1.54) is 12.1 Å². The number of nitrogens with two attached hydrogens (primary N) is 1. The van der Waals surface area contributed by atoms with E-state index in [0.29, 0.717) is 5.56 Å². The smallest absolute Gasteiger partial charge is 0.158 e. The van der Waals surface area contributed by atoms with Crippen molar-refractivity contribution < 1.29 is 13.9 Å². The van der Waals surface area contributed by atoms with E-state index in [0.717, 1.165) is 25.9 Å². The zero-order valence-electron chi connectivity index (χ0n) is 10.1. The van der Waals surface area contributed by atoms with Crippen molar-refractivity contribution in [1.29, 1.82) is 0 Å². The Bertz CT molecular complexity index is 459. The summed E-state index contributed by atoms with van der Waals surface area (Å²) >= 11 is 0. The molecule has 0 saturated carbocycles. The Morgan fingerprint density at radius 3 is 3.06 bits per heavy atom. The number of benzene rings is 1. The summed E-state index contributed by atoms with van der Waals surface area (Å²) in [5.74, 6) is 5.22. The van der Waals surface area contributed by atoms with Crippen molar-refractivity contribution in [3.8, 4) is 11.8 Å². The van der Waals surface area contributed by atoms with Gasteiger partial charge in [0.2, 0.25) is 0 Å². The Labute approximate surface area is 106 Å². The molecule has 1 aromatic rings. The maximum Gasteiger partial charge on any atom is 0.158 e. The maximum atomic E-state index is 13.1. The molecule has 1 aliphatic rings. The van der Waals surface area contributed by atoms with E-state index in [-0.39, 0.29) is 18.6 Å². The summed E-state index contributed by atoms with van der Waals surface area (Å²) in [5, 5.41) is 0. The number of hydrogen-bond donors (Lipinski definition) is 1. The molecule has 2 rings (SSSR count). The van der Waals surface area contributed by atoms with Crippen molar-refractivity contribution in [2.45, 2.75) is 25.6 Å². The Morgan fingerprint density at radius 2 is 2.33 bits per heavy atom. The van der Waals surface area contributed by atoms with Gasteiger partial charge in [-0.15, -0.1) is 0 Å². The molecule has 1 atom stereocenters. The van der Waals surface area contributed by atoms with Gasteiger partial charge in [-0.2, -0.15) is 0 Å². The molecular weight excluding hydrogens is 233 g/mol. The molecule has 2 N–H and O–H groups in total. The molecule has 1 aromatic carbocycles. The second-order valence-corrected chi connectivity index (χ2v) is 4.15. The van der Waals surface area contributed by atoms with Gasteiger partial charge in [-0.1, -0.05) is 11.8 Å². The molecule has 4 heteroatoms. The van der Waals surface area contributed by atoms with Crippen LogP contribution in [0.1, 0.15) is 24.8 Å². The number of ether oxygens (including phenoxy) is 2. The van der Waals surface area contributed by atoms with Crippen LogP contribution in [0.25, 0.3) is 0 Å². The lowest BCUT2D eigenvalue weighted by Crippen LogP contribution is -2.22. The van der Waals surface area contributed by atoms with Crippen LogP contribution in [-0.4, -0.2) is 19.5 Å². The van der Waals surface area contributed by atoms with E-state index >= 15 is 0 Å². The zero-order chi connectivity index (χ0) is 12.8. The lowest BCUT2D eigenvalue weighted by molar-refractivity contribution is -0.154. The van der Waals surface area contributed by atoms with Gasteiger partial charge in [0.1, 0.15) is 12.4 Å². The van der Waals surface area contributed by atoms with Gasteiger partial charge in [0.05, 0.1) is 5.69 Å². The normalized spacial score (nSPS) is 19.1. The highest BCUT2D eigenvalue weighted by atomic mass is 19.1. The largest absolute Gasteiger partial charge is 0.396 e. The molecule has 0 bridgehead atoms. The molecule has 0 amide bonds. The number of nitrogen functional groups attached to an aromatic ring is 1. The van der Waals surface area contributed by atoms with Crippen molar-refractivity contribution in [2.75, 3.05) is 18.9 Å². The molecule has 1 heterocycles. The van der Waals surface area contributed by atoms with Crippen LogP contribution in [0.4, 0.5) is 10.1 Å². The molecule has 96 valence electrons. The van der Waals surface area contributed by atoms with Gasteiger partial charge in [-0.25, -0.2) is 4.39 Å². The summed E-state index contributed by atoms with van der Waals surface area (Å²) in [6.07, 6.45) is 2.99. The molecule has 1 aliphatic heterocycles. The first-order chi connectivity index (χ1) is 8.75. The third-order valence-electron chi connectivity index (χ3n) is 2.71. The number of halogens is 1. The minimum atomic E-state index is -0.446. The number of anilines is 1. The van der Waals surface area contributed by atoms with Gasteiger partial charge in [0.15, 0.2) is 6.29 Å². The molecule has 1 unspecified atom stereocenters. The summed E-state index contributed by atoms with van der Waals surface area (Å²) in [4.78, 5) is 0. The van der Waals surface area contributed by atoms with E-state index in [2.05, 4.69) is 11.8 Å². The highest BCUT2D eigenvalue weighted by molar-refractivity contribution is 5.46. The monoisotopic (exact) mass is 249 g/mol. The van der Waals surface area contributed by atoms with Crippen LogP contribution >= 0.6 is 0 Å². The lowest BCUT2D eigenvalue weighted by Gasteiger charge is -2.21. The minimum absolute atomic E-state index is 0.132. The van der Waals surface area contributed by atoms with Gasteiger partial charge in [0, 0.05) is 12.2 Å². The van der Waals surface area contributed by atoms with Gasteiger partial charge < -0.3 is 15.2 Å². The van der Waals surface area contributed by atoms with Crippen LogP contribution in [0.3, 0.4) is 0 Å². The predicted octanol–water partition coefficient (Wildman–Crippen LogP) is 2.30. The third kappa shape index (κ3) is 3.73. The van der Waals surface area contributed by atoms with Gasteiger partial charge in [-0.05, 0) is 37.5 Å². The van der Waals surface area contributed by atoms with E-state index in [1.807, 2.05) is 0 Å². The molecular formula is C14H16FNO2. The second kappa shape index (κ2) is 6.39. The van der Waals surface area contributed by atoms with E-state index in [4.69, 9.17) is 15.2 Å². The molecule has 3 nitrogen and oxygen atoms in total. The van der Waals surface area contributed by atoms with E-state index < -0.39 is 5.82 Å². The van der Waals surface area contributed by atoms with Crippen LogP contribution in [-0.2, 0) is 9.47 Å². The van der Waals surface area contributed by atoms with Crippen LogP contribution in [0.2, 0.25) is 0 Å². The Morgan fingerprint density at radius 1 is 1.44 bits per heavy atom. The van der Waals surface area contributed by atoms with Crippen molar-refractivity contribution >= 4 is 5.69 Å². The number of rotatable bonds is 2. The molecule has 1 fully saturated rings. The van der Waals surface area contributed by atoms with E-state index in [9.17, 15) is 4.39 Å². The van der Waals surface area contributed by atoms with Crippen LogP contribution in [0, 0.1) is 17.7 Å². The first-order valence-corrected chi connectivity index (χ1v) is 6.03. The topological polar surface area (TPSA) is 44.5 Å². The summed E-state index contributed by atoms with van der Waals surface area (Å²) in [7, 11) is 0. The van der Waals surface area contributed by atoms with Gasteiger partial charge in [0.25, 0.3) is 0 Å². The Balaban J connectivity index is 1.82. The summed E-state index contributed by atoms with van der Waals surface area (Å²) in [5.41, 5.74) is 6.10. The van der Waals surface area contributed by atoms with Gasteiger partial charge >= 0.3 is 0 Å². The Hall–Kier alpha value is -1.57. The van der Waals surface area contributed by atoms with Crippen LogP contribution < -0.4 is 5.73 Å². The molecule has 18 heavy (non-hydrogen) atoms. The summed E-state index contributed by atoms with van der Waals surface area (Å²) in [6.45, 7) is 1.04. The van der Waals surface area contributed by atoms with E-state index in [1.54, 1.807) is 6.07 Å². The van der Waals surface area contributed by atoms with Crippen LogP contribution in [0.15, 0.2) is 18.2 Å². The molecule has 0 spiro atoms. The summed E-state index contributed by atoms with van der Waals surface area (Å²) in [6, 6.07) is 4.51. The predicted molar refractivity (Wildman–Crippen MR) is 67.2 cm³/mol. The highest BCUT2D eigenvalue weighted by Gasteiger charge is 2.12. The van der Waals surface area contributed by atoms with Gasteiger partial charge in [-0.3, -0.25) is 0 Å². The van der Waals surface area contributed by atoms with Crippen molar-refractivity contribution in [3.05, 3.63) is 29.6 Å². The average Bonchev–Trinajstić information content (AvgIpc) is 2.40. The first kappa shape index (κ1) is 12.9. The SMILES string of the molecule is Nc1ccc(C#CCOC2CCCCO2)cc1F. The lowest BCUT2D eigenvalue weighted by atomic mass is 10.2. The second-order valence-electron chi connectivity index (χ2n) is 4.15. The molecule has 0 aliphatic carbocycles. The fraction of sp³-hybridized carbons (Fsp3) is 0.429. The molecule has 1 saturated heterocycles.